The number of hydrogen-bond donors (Lipinski definition) is 2. The van der Waals surface area contributed by atoms with Crippen molar-refractivity contribution >= 4 is 11.0 Å². The maximum atomic E-state index is 12.5. The van der Waals surface area contributed by atoms with E-state index in [2.05, 4.69) is 15.2 Å². The third-order valence-electron chi connectivity index (χ3n) is 3.99. The molecule has 10 heteroatoms. The van der Waals surface area contributed by atoms with E-state index in [1.165, 1.54) is 18.8 Å². The van der Waals surface area contributed by atoms with Gasteiger partial charge in [0.1, 0.15) is 5.69 Å². The highest BCUT2D eigenvalue weighted by Gasteiger charge is 2.14. The average molecular weight is 347 g/mol. The van der Waals surface area contributed by atoms with Crippen LogP contribution in [0, 0.1) is 0 Å². The third kappa shape index (κ3) is 2.82. The zero-order chi connectivity index (χ0) is 18.1. The van der Waals surface area contributed by atoms with Crippen molar-refractivity contribution in [3.05, 3.63) is 49.1 Å². The molecule has 2 heterocycles. The molecule has 0 unspecified atom stereocenters. The number of benzene rings is 1. The van der Waals surface area contributed by atoms with Gasteiger partial charge in [-0.3, -0.25) is 4.79 Å². The summed E-state index contributed by atoms with van der Waals surface area (Å²) in [7, 11) is 4.64. The van der Waals surface area contributed by atoms with Crippen LogP contribution in [0.2, 0.25) is 0 Å². The fourth-order valence-electron chi connectivity index (χ4n) is 2.63. The molecule has 0 saturated heterocycles. The Bertz CT molecular complexity index is 1080. The summed E-state index contributed by atoms with van der Waals surface area (Å²) in [5, 5.41) is 4.38. The maximum absolute atomic E-state index is 12.5. The fraction of sp³-hybridized carbons (Fsp3) is 0.333. The number of fused-ring (bicyclic) bond motifs is 1. The molecule has 0 aliphatic heterocycles. The molecule has 25 heavy (non-hydrogen) atoms. The number of H-pyrrole nitrogens is 2. The minimum atomic E-state index is -0.561. The molecule has 10 nitrogen and oxygen atoms in total. The molecule has 132 valence electrons. The maximum Gasteiger partial charge on any atom is 0.344 e. The molecule has 0 aliphatic carbocycles. The Labute approximate surface area is 140 Å². The highest BCUT2D eigenvalue weighted by atomic mass is 16.5. The molecule has 3 aromatic rings. The lowest BCUT2D eigenvalue weighted by Crippen LogP contribution is -2.30. The summed E-state index contributed by atoms with van der Waals surface area (Å²) in [5.41, 5.74) is -0.0503. The molecule has 2 N–H and O–H groups in total. The average Bonchev–Trinajstić information content (AvgIpc) is 2.94. The van der Waals surface area contributed by atoms with Gasteiger partial charge in [-0.1, -0.05) is 0 Å². The number of hydrogen-bond acceptors (Lipinski definition) is 6. The number of rotatable bonds is 5. The second-order valence-electron chi connectivity index (χ2n) is 5.38. The first kappa shape index (κ1) is 16.6. The zero-order valence-corrected chi connectivity index (χ0v) is 14.0. The SMILES string of the molecule is COc1cc2nc(CCn3c(=O)[nH][nH]c3=O)c(=O)n(C)c2cc1OC. The van der Waals surface area contributed by atoms with Gasteiger partial charge in [-0.15, -0.1) is 0 Å². The predicted octanol–water partition coefficient (Wildman–Crippen LogP) is -0.628. The lowest BCUT2D eigenvalue weighted by atomic mass is 10.2. The molecule has 0 fully saturated rings. The van der Waals surface area contributed by atoms with Gasteiger partial charge in [0.25, 0.3) is 5.56 Å². The van der Waals surface area contributed by atoms with Crippen LogP contribution in [0.15, 0.2) is 26.5 Å². The monoisotopic (exact) mass is 347 g/mol. The Morgan fingerprint density at radius 1 is 1.04 bits per heavy atom. The largest absolute Gasteiger partial charge is 0.493 e. The topological polar surface area (TPSA) is 124 Å². The van der Waals surface area contributed by atoms with E-state index in [4.69, 9.17) is 9.47 Å². The fourth-order valence-corrected chi connectivity index (χ4v) is 2.63. The first-order valence-corrected chi connectivity index (χ1v) is 7.45. The van der Waals surface area contributed by atoms with Crippen LogP contribution in [0.25, 0.3) is 11.0 Å². The van der Waals surface area contributed by atoms with Crippen molar-refractivity contribution in [1.82, 2.24) is 24.3 Å². The minimum absolute atomic E-state index is 0.0404. The third-order valence-corrected chi connectivity index (χ3v) is 3.99. The molecule has 2 aromatic heterocycles. The van der Waals surface area contributed by atoms with Gasteiger partial charge in [0.15, 0.2) is 11.5 Å². The number of aromatic amines is 2. The van der Waals surface area contributed by atoms with E-state index < -0.39 is 11.4 Å². The summed E-state index contributed by atoms with van der Waals surface area (Å²) in [5.74, 6) is 0.982. The van der Waals surface area contributed by atoms with Crippen LogP contribution in [0.3, 0.4) is 0 Å². The Morgan fingerprint density at radius 2 is 1.64 bits per heavy atom. The highest BCUT2D eigenvalue weighted by molar-refractivity contribution is 5.79. The van der Waals surface area contributed by atoms with Crippen molar-refractivity contribution in [3.8, 4) is 11.5 Å². The molecule has 0 spiro atoms. The Morgan fingerprint density at radius 3 is 2.24 bits per heavy atom. The smallest absolute Gasteiger partial charge is 0.344 e. The molecular weight excluding hydrogens is 330 g/mol. The summed E-state index contributed by atoms with van der Waals surface area (Å²) in [4.78, 5) is 39.9. The number of nitrogens with one attached hydrogen (secondary N) is 2. The summed E-state index contributed by atoms with van der Waals surface area (Å²) in [6.07, 6.45) is 0.137. The predicted molar refractivity (Wildman–Crippen MR) is 89.5 cm³/mol. The van der Waals surface area contributed by atoms with E-state index in [1.807, 2.05) is 0 Å². The van der Waals surface area contributed by atoms with Crippen molar-refractivity contribution in [2.75, 3.05) is 14.2 Å². The second-order valence-corrected chi connectivity index (χ2v) is 5.38. The van der Waals surface area contributed by atoms with Crippen molar-refractivity contribution in [1.29, 1.82) is 0 Å². The lowest BCUT2D eigenvalue weighted by molar-refractivity contribution is 0.355. The van der Waals surface area contributed by atoms with Gasteiger partial charge in [0, 0.05) is 32.1 Å². The van der Waals surface area contributed by atoms with Crippen LogP contribution in [-0.4, -0.2) is 38.5 Å². The zero-order valence-electron chi connectivity index (χ0n) is 14.0. The van der Waals surface area contributed by atoms with Gasteiger partial charge in [0.2, 0.25) is 0 Å². The standard InChI is InChI=1S/C15H17N5O5/c1-19-10-7-12(25-3)11(24-2)6-9(10)16-8(13(19)21)4-5-20-14(22)17-18-15(20)23/h6-7H,4-5H2,1-3H3,(H,17,22)(H,18,23). The van der Waals surface area contributed by atoms with Gasteiger partial charge in [-0.05, 0) is 0 Å². The Balaban J connectivity index is 2.07. The molecule has 0 saturated carbocycles. The van der Waals surface area contributed by atoms with Gasteiger partial charge < -0.3 is 14.0 Å². The molecule has 0 atom stereocenters. The number of ether oxygens (including phenoxy) is 2. The van der Waals surface area contributed by atoms with E-state index in [1.54, 1.807) is 19.2 Å². The van der Waals surface area contributed by atoms with Gasteiger partial charge in [0.05, 0.1) is 25.3 Å². The van der Waals surface area contributed by atoms with Crippen molar-refractivity contribution < 1.29 is 9.47 Å². The number of nitrogens with zero attached hydrogens (tertiary/aromatic N) is 3. The van der Waals surface area contributed by atoms with Gasteiger partial charge in [-0.25, -0.2) is 29.3 Å². The highest BCUT2D eigenvalue weighted by Crippen LogP contribution is 2.30. The molecule has 0 radical (unpaired) electrons. The number of aromatic nitrogens is 5. The number of methoxy groups -OCH3 is 2. The molecular formula is C15H17N5O5. The first-order valence-electron chi connectivity index (χ1n) is 7.45. The summed E-state index contributed by atoms with van der Waals surface area (Å²) in [6.45, 7) is 0.0404. The van der Waals surface area contributed by atoms with Crippen molar-refractivity contribution in [3.63, 3.8) is 0 Å². The second kappa shape index (κ2) is 6.30. The van der Waals surface area contributed by atoms with Crippen LogP contribution >= 0.6 is 0 Å². The molecule has 1 aromatic carbocycles. The van der Waals surface area contributed by atoms with E-state index in [9.17, 15) is 14.4 Å². The van der Waals surface area contributed by atoms with Gasteiger partial charge in [-0.2, -0.15) is 0 Å². The Hall–Kier alpha value is -3.30. The molecule has 3 rings (SSSR count). The van der Waals surface area contributed by atoms with E-state index in [-0.39, 0.29) is 24.2 Å². The van der Waals surface area contributed by atoms with Crippen molar-refractivity contribution in [2.45, 2.75) is 13.0 Å². The molecule has 0 amide bonds. The normalized spacial score (nSPS) is 11.0. The number of aryl methyl sites for hydroxylation is 2. The molecule has 0 bridgehead atoms. The minimum Gasteiger partial charge on any atom is -0.493 e. The summed E-state index contributed by atoms with van der Waals surface area (Å²) >= 11 is 0. The van der Waals surface area contributed by atoms with Crippen molar-refractivity contribution in [2.24, 2.45) is 7.05 Å². The van der Waals surface area contributed by atoms with Gasteiger partial charge >= 0.3 is 11.4 Å². The van der Waals surface area contributed by atoms with Crippen LogP contribution in [-0.2, 0) is 20.0 Å². The van der Waals surface area contributed by atoms with E-state index >= 15 is 0 Å². The molecule has 0 aliphatic rings. The lowest BCUT2D eigenvalue weighted by Gasteiger charge is -2.12. The van der Waals surface area contributed by atoms with Crippen LogP contribution < -0.4 is 26.4 Å². The summed E-state index contributed by atoms with van der Waals surface area (Å²) in [6, 6.07) is 3.35. The van der Waals surface area contributed by atoms with Crippen LogP contribution in [0.1, 0.15) is 5.69 Å². The van der Waals surface area contributed by atoms with Crippen LogP contribution in [0.4, 0.5) is 0 Å². The van der Waals surface area contributed by atoms with E-state index in [0.29, 0.717) is 22.5 Å². The summed E-state index contributed by atoms with van der Waals surface area (Å²) < 4.78 is 12.9. The first-order chi connectivity index (χ1) is 12.0. The van der Waals surface area contributed by atoms with Crippen LogP contribution in [0.5, 0.6) is 11.5 Å². The van der Waals surface area contributed by atoms with E-state index in [0.717, 1.165) is 4.57 Å². The Kier molecular flexibility index (Phi) is 4.17. The quantitative estimate of drug-likeness (QED) is 0.633.